The van der Waals surface area contributed by atoms with Gasteiger partial charge < -0.3 is 10.2 Å². The van der Waals surface area contributed by atoms with E-state index >= 15 is 0 Å². The predicted octanol–water partition coefficient (Wildman–Crippen LogP) is 3.83. The zero-order valence-electron chi connectivity index (χ0n) is 11.0. The van der Waals surface area contributed by atoms with Crippen molar-refractivity contribution >= 4 is 51.3 Å². The average Bonchev–Trinajstić information content (AvgIpc) is 2.81. The lowest BCUT2D eigenvalue weighted by Crippen LogP contribution is -2.30. The second-order valence-corrected chi connectivity index (χ2v) is 6.28. The molecule has 0 fully saturated rings. The number of nitrogens with one attached hydrogen (secondary N) is 1. The number of anilines is 2. The number of nitrogens with zero attached hydrogens (tertiary/aromatic N) is 2. The molecule has 7 heteroatoms. The second kappa shape index (κ2) is 6.43. The summed E-state index contributed by atoms with van der Waals surface area (Å²) in [5.74, 6) is -0.199. The summed E-state index contributed by atoms with van der Waals surface area (Å²) in [6.07, 6.45) is 1.78. The number of hydrogen-bond donors (Lipinski definition) is 1. The molecule has 1 heterocycles. The van der Waals surface area contributed by atoms with Crippen molar-refractivity contribution in [1.82, 2.24) is 4.98 Å². The Balaban J connectivity index is 2.02. The van der Waals surface area contributed by atoms with E-state index in [0.29, 0.717) is 15.7 Å². The van der Waals surface area contributed by atoms with Crippen LogP contribution < -0.4 is 10.2 Å². The molecule has 0 atom stereocenters. The Morgan fingerprint density at radius 1 is 1.40 bits per heavy atom. The zero-order chi connectivity index (χ0) is 14.7. The van der Waals surface area contributed by atoms with Crippen LogP contribution >= 0.6 is 34.5 Å². The molecule has 0 unspecified atom stereocenters. The van der Waals surface area contributed by atoms with Gasteiger partial charge >= 0.3 is 0 Å². The van der Waals surface area contributed by atoms with Crippen molar-refractivity contribution in [3.05, 3.63) is 39.3 Å². The number of likely N-dealkylation sites (N-methyl/N-ethyl adjacent to an activating group) is 1. The van der Waals surface area contributed by atoms with E-state index in [2.05, 4.69) is 10.3 Å². The standard InChI is InChI=1S/C13H13Cl2N3OS/c1-8-6-16-13(20-8)18(2)7-11(19)17-12-9(14)4-3-5-10(12)15/h3-6H,7H2,1-2H3,(H,17,19). The minimum atomic E-state index is -0.199. The highest BCUT2D eigenvalue weighted by molar-refractivity contribution is 7.15. The van der Waals surface area contributed by atoms with E-state index in [1.807, 2.05) is 14.0 Å². The Morgan fingerprint density at radius 2 is 2.05 bits per heavy atom. The Morgan fingerprint density at radius 3 is 2.60 bits per heavy atom. The summed E-state index contributed by atoms with van der Waals surface area (Å²) in [7, 11) is 1.81. The van der Waals surface area contributed by atoms with E-state index in [1.165, 1.54) is 11.3 Å². The molecule has 0 spiro atoms. The maximum atomic E-state index is 12.0. The highest BCUT2D eigenvalue weighted by Crippen LogP contribution is 2.29. The molecule has 2 rings (SSSR count). The summed E-state index contributed by atoms with van der Waals surface area (Å²) in [6, 6.07) is 5.08. The summed E-state index contributed by atoms with van der Waals surface area (Å²) >= 11 is 13.5. The lowest BCUT2D eigenvalue weighted by Gasteiger charge is -2.16. The Bertz CT molecular complexity index is 610. The summed E-state index contributed by atoms with van der Waals surface area (Å²) in [5.41, 5.74) is 0.435. The lowest BCUT2D eigenvalue weighted by molar-refractivity contribution is -0.114. The third-order valence-corrected chi connectivity index (χ3v) is 4.20. The van der Waals surface area contributed by atoms with Gasteiger partial charge in [0.05, 0.1) is 22.3 Å². The molecule has 1 aromatic carbocycles. The van der Waals surface area contributed by atoms with Gasteiger partial charge in [-0.15, -0.1) is 11.3 Å². The van der Waals surface area contributed by atoms with Crippen molar-refractivity contribution in [2.75, 3.05) is 23.8 Å². The first-order valence-corrected chi connectivity index (χ1v) is 7.42. The van der Waals surface area contributed by atoms with Gasteiger partial charge in [-0.1, -0.05) is 29.3 Å². The molecule has 106 valence electrons. The molecular weight excluding hydrogens is 317 g/mol. The molecule has 0 bridgehead atoms. The SMILES string of the molecule is Cc1cnc(N(C)CC(=O)Nc2c(Cl)cccc2Cl)s1. The number of aryl methyl sites for hydroxylation is 1. The number of amides is 1. The van der Waals surface area contributed by atoms with Crippen LogP contribution in [0.4, 0.5) is 10.8 Å². The fraction of sp³-hybridized carbons (Fsp3) is 0.231. The highest BCUT2D eigenvalue weighted by atomic mass is 35.5. The molecule has 20 heavy (non-hydrogen) atoms. The van der Waals surface area contributed by atoms with Crippen molar-refractivity contribution < 1.29 is 4.79 Å². The predicted molar refractivity (Wildman–Crippen MR) is 85.2 cm³/mol. The van der Waals surface area contributed by atoms with E-state index in [9.17, 15) is 4.79 Å². The molecule has 0 aliphatic rings. The number of carbonyl (C=O) groups excluding carboxylic acids is 1. The third-order valence-electron chi connectivity index (χ3n) is 2.54. The molecule has 4 nitrogen and oxygen atoms in total. The number of benzene rings is 1. The van der Waals surface area contributed by atoms with Gasteiger partial charge in [-0.2, -0.15) is 0 Å². The molecular formula is C13H13Cl2N3OS. The van der Waals surface area contributed by atoms with Gasteiger partial charge in [-0.3, -0.25) is 4.79 Å². The molecule has 0 aliphatic carbocycles. The van der Waals surface area contributed by atoms with Gasteiger partial charge in [0.1, 0.15) is 0 Å². The van der Waals surface area contributed by atoms with Crippen LogP contribution in [0.1, 0.15) is 4.88 Å². The minimum absolute atomic E-state index is 0.175. The van der Waals surface area contributed by atoms with E-state index < -0.39 is 0 Å². The first-order chi connectivity index (χ1) is 9.47. The molecule has 1 aromatic heterocycles. The van der Waals surface area contributed by atoms with E-state index in [0.717, 1.165) is 10.0 Å². The monoisotopic (exact) mass is 329 g/mol. The van der Waals surface area contributed by atoms with Crippen molar-refractivity contribution in [2.24, 2.45) is 0 Å². The number of para-hydroxylation sites is 1. The van der Waals surface area contributed by atoms with E-state index in [1.54, 1.807) is 29.3 Å². The molecule has 1 N–H and O–H groups in total. The van der Waals surface area contributed by atoms with Crippen LogP contribution in [0.2, 0.25) is 10.0 Å². The van der Waals surface area contributed by atoms with Crippen LogP contribution in [0.15, 0.2) is 24.4 Å². The maximum absolute atomic E-state index is 12.0. The van der Waals surface area contributed by atoms with Crippen molar-refractivity contribution in [3.63, 3.8) is 0 Å². The van der Waals surface area contributed by atoms with Gasteiger partial charge in [0.25, 0.3) is 0 Å². The van der Waals surface area contributed by atoms with Crippen molar-refractivity contribution in [1.29, 1.82) is 0 Å². The second-order valence-electron chi connectivity index (χ2n) is 4.25. The molecule has 0 saturated heterocycles. The average molecular weight is 330 g/mol. The van der Waals surface area contributed by atoms with Gasteiger partial charge in [0.2, 0.25) is 5.91 Å². The smallest absolute Gasteiger partial charge is 0.244 e. The topological polar surface area (TPSA) is 45.2 Å². The van der Waals surface area contributed by atoms with E-state index in [-0.39, 0.29) is 12.5 Å². The number of thiazole rings is 1. The molecule has 0 radical (unpaired) electrons. The summed E-state index contributed by atoms with van der Waals surface area (Å²) in [6.45, 7) is 2.15. The van der Waals surface area contributed by atoms with Gasteiger partial charge in [-0.05, 0) is 19.1 Å². The largest absolute Gasteiger partial charge is 0.342 e. The number of halogens is 2. The van der Waals surface area contributed by atoms with Crippen LogP contribution in [-0.4, -0.2) is 24.5 Å². The zero-order valence-corrected chi connectivity index (χ0v) is 13.3. The molecule has 2 aromatic rings. The van der Waals surface area contributed by atoms with Crippen molar-refractivity contribution in [3.8, 4) is 0 Å². The van der Waals surface area contributed by atoms with Gasteiger partial charge in [0.15, 0.2) is 5.13 Å². The Hall–Kier alpha value is -1.30. The molecule has 1 amide bonds. The molecule has 0 aliphatic heterocycles. The number of hydrogen-bond acceptors (Lipinski definition) is 4. The summed E-state index contributed by atoms with van der Waals surface area (Å²) in [4.78, 5) is 19.1. The van der Waals surface area contributed by atoms with Crippen LogP contribution in [0, 0.1) is 6.92 Å². The number of aromatic nitrogens is 1. The van der Waals surface area contributed by atoms with Gasteiger partial charge in [-0.25, -0.2) is 4.98 Å². The Kier molecular flexibility index (Phi) is 4.86. The lowest BCUT2D eigenvalue weighted by atomic mass is 10.3. The number of rotatable bonds is 4. The molecule has 0 saturated carbocycles. The van der Waals surface area contributed by atoms with Crippen LogP contribution in [0.5, 0.6) is 0 Å². The maximum Gasteiger partial charge on any atom is 0.244 e. The quantitative estimate of drug-likeness (QED) is 0.927. The summed E-state index contributed by atoms with van der Waals surface area (Å²) < 4.78 is 0. The normalized spacial score (nSPS) is 10.4. The fourth-order valence-electron chi connectivity index (χ4n) is 1.60. The van der Waals surface area contributed by atoms with Gasteiger partial charge in [0, 0.05) is 18.1 Å². The first-order valence-electron chi connectivity index (χ1n) is 5.85. The van der Waals surface area contributed by atoms with Crippen LogP contribution in [0.25, 0.3) is 0 Å². The highest BCUT2D eigenvalue weighted by Gasteiger charge is 2.13. The fourth-order valence-corrected chi connectivity index (χ4v) is 2.81. The van der Waals surface area contributed by atoms with Crippen LogP contribution in [-0.2, 0) is 4.79 Å². The summed E-state index contributed by atoms with van der Waals surface area (Å²) in [5, 5.41) is 4.34. The minimum Gasteiger partial charge on any atom is -0.342 e. The van der Waals surface area contributed by atoms with E-state index in [4.69, 9.17) is 23.2 Å². The Labute approximate surface area is 131 Å². The third kappa shape index (κ3) is 3.62. The number of carbonyl (C=O) groups is 1. The first kappa shape index (κ1) is 15.1. The van der Waals surface area contributed by atoms with Crippen LogP contribution in [0.3, 0.4) is 0 Å². The van der Waals surface area contributed by atoms with Crippen molar-refractivity contribution in [2.45, 2.75) is 6.92 Å².